The molecule has 1 aromatic carbocycles. The Morgan fingerprint density at radius 2 is 2.25 bits per heavy atom. The molecule has 0 saturated carbocycles. The Kier molecular flexibility index (Phi) is 4.92. The fraction of sp³-hybridized carbons (Fsp3) is 0.444. The van der Waals surface area contributed by atoms with E-state index in [0.29, 0.717) is 24.7 Å². The third kappa shape index (κ3) is 3.80. The highest BCUT2D eigenvalue weighted by Gasteiger charge is 2.21. The highest BCUT2D eigenvalue weighted by Crippen LogP contribution is 2.25. The summed E-state index contributed by atoms with van der Waals surface area (Å²) in [7, 11) is 0. The second kappa shape index (κ2) is 7.11. The molecular weight excluding hydrogens is 314 g/mol. The van der Waals surface area contributed by atoms with Crippen molar-refractivity contribution in [1.29, 1.82) is 0 Å². The van der Waals surface area contributed by atoms with Crippen LogP contribution in [0.4, 0.5) is 8.78 Å². The number of piperidine rings is 1. The van der Waals surface area contributed by atoms with Crippen LogP contribution in [0, 0.1) is 17.6 Å². The number of benzene rings is 1. The first kappa shape index (κ1) is 16.6. The van der Waals surface area contributed by atoms with E-state index in [-0.39, 0.29) is 17.2 Å². The van der Waals surface area contributed by atoms with Gasteiger partial charge in [-0.1, -0.05) is 6.92 Å². The van der Waals surface area contributed by atoms with Crippen molar-refractivity contribution in [1.82, 2.24) is 9.88 Å². The molecule has 24 heavy (non-hydrogen) atoms. The number of carbonyl (C=O) groups is 1. The topological polar surface area (TPSA) is 46.3 Å². The normalized spacial score (nSPS) is 18.0. The quantitative estimate of drug-likeness (QED) is 0.854. The van der Waals surface area contributed by atoms with E-state index in [1.54, 1.807) is 0 Å². The van der Waals surface area contributed by atoms with E-state index in [9.17, 15) is 13.6 Å². The molecule has 3 rings (SSSR count). The summed E-state index contributed by atoms with van der Waals surface area (Å²) in [5.41, 5.74) is 0.159. The van der Waals surface area contributed by atoms with E-state index in [1.165, 1.54) is 18.3 Å². The Balaban J connectivity index is 1.61. The van der Waals surface area contributed by atoms with Gasteiger partial charge in [0.1, 0.15) is 11.6 Å². The van der Waals surface area contributed by atoms with Crippen LogP contribution in [0.2, 0.25) is 0 Å². The molecule has 4 nitrogen and oxygen atoms in total. The first-order valence-corrected chi connectivity index (χ1v) is 8.21. The number of hydrogen-bond donors (Lipinski definition) is 0. The lowest BCUT2D eigenvalue weighted by molar-refractivity contribution is -0.132. The lowest BCUT2D eigenvalue weighted by Crippen LogP contribution is -2.39. The standard InChI is InChI=1S/C18H20F2N2O2/c1-12-3-2-8-22(11-12)18(23)7-6-17-21-10-16(24-17)14-5-4-13(19)9-15(14)20/h4-5,9-10,12H,2-3,6-8,11H2,1H3/t12-/m1/s1. The zero-order chi connectivity index (χ0) is 17.1. The van der Waals surface area contributed by atoms with Gasteiger partial charge in [-0.3, -0.25) is 4.79 Å². The van der Waals surface area contributed by atoms with Crippen LogP contribution >= 0.6 is 0 Å². The van der Waals surface area contributed by atoms with Crippen molar-refractivity contribution in [3.8, 4) is 11.3 Å². The zero-order valence-corrected chi connectivity index (χ0v) is 13.6. The van der Waals surface area contributed by atoms with E-state index in [4.69, 9.17) is 4.42 Å². The average molecular weight is 334 g/mol. The number of rotatable bonds is 4. The number of amides is 1. The average Bonchev–Trinajstić information content (AvgIpc) is 3.01. The summed E-state index contributed by atoms with van der Waals surface area (Å²) in [6.07, 6.45) is 4.29. The summed E-state index contributed by atoms with van der Waals surface area (Å²) in [4.78, 5) is 18.2. The van der Waals surface area contributed by atoms with Crippen LogP contribution in [-0.2, 0) is 11.2 Å². The van der Waals surface area contributed by atoms with Gasteiger partial charge in [0, 0.05) is 32.0 Å². The molecule has 0 unspecified atom stereocenters. The molecule has 2 aromatic rings. The Morgan fingerprint density at radius 3 is 3.00 bits per heavy atom. The van der Waals surface area contributed by atoms with Crippen LogP contribution in [0.3, 0.4) is 0 Å². The number of nitrogens with zero attached hydrogens (tertiary/aromatic N) is 2. The SMILES string of the molecule is C[C@@H]1CCCN(C(=O)CCc2ncc(-c3ccc(F)cc3F)o2)C1. The van der Waals surface area contributed by atoms with Crippen molar-refractivity contribution in [2.45, 2.75) is 32.6 Å². The van der Waals surface area contributed by atoms with E-state index in [0.717, 1.165) is 32.0 Å². The van der Waals surface area contributed by atoms with Crippen LogP contribution in [0.15, 0.2) is 28.8 Å². The van der Waals surface area contributed by atoms with Crippen LogP contribution in [0.5, 0.6) is 0 Å². The number of oxazole rings is 1. The molecule has 2 heterocycles. The fourth-order valence-corrected chi connectivity index (χ4v) is 3.03. The molecule has 1 aliphatic heterocycles. The minimum atomic E-state index is -0.698. The molecule has 0 spiro atoms. The van der Waals surface area contributed by atoms with Gasteiger partial charge in [-0.05, 0) is 30.9 Å². The molecular formula is C18H20F2N2O2. The highest BCUT2D eigenvalue weighted by atomic mass is 19.1. The Labute approximate surface area is 139 Å². The first-order chi connectivity index (χ1) is 11.5. The highest BCUT2D eigenvalue weighted by molar-refractivity contribution is 5.76. The van der Waals surface area contributed by atoms with E-state index in [1.807, 2.05) is 4.90 Å². The van der Waals surface area contributed by atoms with Crippen molar-refractivity contribution >= 4 is 5.91 Å². The van der Waals surface area contributed by atoms with Gasteiger partial charge in [-0.2, -0.15) is 0 Å². The molecule has 0 aliphatic carbocycles. The third-order valence-corrected chi connectivity index (χ3v) is 4.31. The summed E-state index contributed by atoms with van der Waals surface area (Å²) in [5.74, 6) is -0.0890. The molecule has 6 heteroatoms. The number of likely N-dealkylation sites (tertiary alicyclic amines) is 1. The largest absolute Gasteiger partial charge is 0.441 e. The van der Waals surface area contributed by atoms with Crippen LogP contribution in [0.1, 0.15) is 32.1 Å². The van der Waals surface area contributed by atoms with Crippen LogP contribution < -0.4 is 0 Å². The van der Waals surface area contributed by atoms with Gasteiger partial charge >= 0.3 is 0 Å². The molecule has 1 aliphatic rings. The second-order valence-corrected chi connectivity index (χ2v) is 6.33. The third-order valence-electron chi connectivity index (χ3n) is 4.31. The maximum Gasteiger partial charge on any atom is 0.223 e. The van der Waals surface area contributed by atoms with Gasteiger partial charge in [-0.25, -0.2) is 13.8 Å². The molecule has 0 N–H and O–H groups in total. The minimum Gasteiger partial charge on any atom is -0.441 e. The Hall–Kier alpha value is -2.24. The molecule has 1 amide bonds. The van der Waals surface area contributed by atoms with Crippen LogP contribution in [-0.4, -0.2) is 28.9 Å². The van der Waals surface area contributed by atoms with Gasteiger partial charge in [0.05, 0.1) is 11.8 Å². The number of halogens is 2. The number of aryl methyl sites for hydroxylation is 1. The van der Waals surface area contributed by atoms with Gasteiger partial charge in [0.25, 0.3) is 0 Å². The molecule has 1 aromatic heterocycles. The smallest absolute Gasteiger partial charge is 0.223 e. The van der Waals surface area contributed by atoms with Crippen molar-refractivity contribution in [2.24, 2.45) is 5.92 Å². The zero-order valence-electron chi connectivity index (χ0n) is 13.6. The Bertz CT molecular complexity index is 730. The maximum absolute atomic E-state index is 13.8. The van der Waals surface area contributed by atoms with Crippen molar-refractivity contribution in [3.63, 3.8) is 0 Å². The van der Waals surface area contributed by atoms with E-state index in [2.05, 4.69) is 11.9 Å². The summed E-state index contributed by atoms with van der Waals surface area (Å²) in [6, 6.07) is 3.29. The molecule has 0 radical (unpaired) electrons. The lowest BCUT2D eigenvalue weighted by Gasteiger charge is -2.30. The predicted molar refractivity (Wildman–Crippen MR) is 85.2 cm³/mol. The van der Waals surface area contributed by atoms with Gasteiger partial charge < -0.3 is 9.32 Å². The summed E-state index contributed by atoms with van der Waals surface area (Å²) in [5, 5.41) is 0. The fourth-order valence-electron chi connectivity index (χ4n) is 3.03. The molecule has 1 saturated heterocycles. The van der Waals surface area contributed by atoms with Crippen molar-refractivity contribution in [3.05, 3.63) is 41.9 Å². The van der Waals surface area contributed by atoms with Crippen molar-refractivity contribution in [2.75, 3.05) is 13.1 Å². The summed E-state index contributed by atoms with van der Waals surface area (Å²) in [6.45, 7) is 3.76. The monoisotopic (exact) mass is 334 g/mol. The number of hydrogen-bond acceptors (Lipinski definition) is 3. The van der Waals surface area contributed by atoms with Gasteiger partial charge in [-0.15, -0.1) is 0 Å². The summed E-state index contributed by atoms with van der Waals surface area (Å²) < 4.78 is 32.2. The molecule has 128 valence electrons. The van der Waals surface area contributed by atoms with Gasteiger partial charge in [0.2, 0.25) is 5.91 Å². The molecule has 1 fully saturated rings. The number of aromatic nitrogens is 1. The van der Waals surface area contributed by atoms with E-state index < -0.39 is 11.6 Å². The second-order valence-electron chi connectivity index (χ2n) is 6.33. The predicted octanol–water partition coefficient (Wildman–Crippen LogP) is 3.81. The molecule has 1 atom stereocenters. The van der Waals surface area contributed by atoms with E-state index >= 15 is 0 Å². The minimum absolute atomic E-state index is 0.0919. The van der Waals surface area contributed by atoms with Gasteiger partial charge in [0.15, 0.2) is 11.7 Å². The first-order valence-electron chi connectivity index (χ1n) is 8.21. The Morgan fingerprint density at radius 1 is 1.42 bits per heavy atom. The lowest BCUT2D eigenvalue weighted by atomic mass is 10.00. The maximum atomic E-state index is 13.8. The van der Waals surface area contributed by atoms with Crippen molar-refractivity contribution < 1.29 is 18.0 Å². The van der Waals surface area contributed by atoms with Crippen LogP contribution in [0.25, 0.3) is 11.3 Å². The summed E-state index contributed by atoms with van der Waals surface area (Å²) >= 11 is 0. The molecule has 0 bridgehead atoms. The number of carbonyl (C=O) groups excluding carboxylic acids is 1.